The van der Waals surface area contributed by atoms with Crippen molar-refractivity contribution in [2.75, 3.05) is 31.5 Å². The number of hydrogen-bond donors (Lipinski definition) is 1. The van der Waals surface area contributed by atoms with Crippen LogP contribution in [0.2, 0.25) is 0 Å². The van der Waals surface area contributed by atoms with Crippen LogP contribution in [0.15, 0.2) is 46.0 Å². The van der Waals surface area contributed by atoms with Crippen molar-refractivity contribution in [1.82, 2.24) is 9.21 Å². The number of piperidine rings is 1. The number of hydrogen-bond acceptors (Lipinski definition) is 5. The van der Waals surface area contributed by atoms with Crippen LogP contribution in [-0.4, -0.2) is 55.6 Å². The average Bonchev–Trinajstić information content (AvgIpc) is 3.23. The molecule has 1 aromatic carbocycles. The van der Waals surface area contributed by atoms with Crippen LogP contribution >= 0.6 is 11.3 Å². The molecule has 0 spiro atoms. The van der Waals surface area contributed by atoms with Gasteiger partial charge in [0.25, 0.3) is 15.9 Å². The van der Waals surface area contributed by atoms with Gasteiger partial charge in [-0.05, 0) is 49.3 Å². The van der Waals surface area contributed by atoms with Crippen LogP contribution in [0.25, 0.3) is 0 Å². The Morgan fingerprint density at radius 1 is 0.938 bits per heavy atom. The third-order valence-electron chi connectivity index (χ3n) is 6.15. The smallest absolute Gasteiger partial charge is 0.255 e. The van der Waals surface area contributed by atoms with Gasteiger partial charge in [0.05, 0.1) is 17.2 Å². The van der Waals surface area contributed by atoms with Crippen molar-refractivity contribution in [3.8, 4) is 0 Å². The molecule has 1 atom stereocenters. The summed E-state index contributed by atoms with van der Waals surface area (Å²) in [7, 11) is -3.59. The minimum Gasteiger partial charge on any atom is -0.339 e. The van der Waals surface area contributed by atoms with E-state index in [-0.39, 0.29) is 18.4 Å². The maximum Gasteiger partial charge on any atom is 0.255 e. The van der Waals surface area contributed by atoms with Crippen LogP contribution in [0.4, 0.5) is 5.69 Å². The zero-order valence-corrected chi connectivity index (χ0v) is 19.7. The number of para-hydroxylation sites is 1. The first-order valence-corrected chi connectivity index (χ1v) is 13.5. The van der Waals surface area contributed by atoms with Crippen molar-refractivity contribution in [3.05, 3.63) is 47.3 Å². The minimum absolute atomic E-state index is 0.0617. The van der Waals surface area contributed by atoms with Gasteiger partial charge >= 0.3 is 0 Å². The van der Waals surface area contributed by atoms with Crippen LogP contribution in [-0.2, 0) is 14.8 Å². The monoisotopic (exact) mass is 475 g/mol. The fourth-order valence-electron chi connectivity index (χ4n) is 4.37. The third kappa shape index (κ3) is 5.05. The van der Waals surface area contributed by atoms with E-state index in [4.69, 9.17) is 0 Å². The standard InChI is InChI=1S/C23H29N3O4S2/c27-22(18-9-7-15-26(17-18)32(29,30)21-12-8-16-31-21)24-20-11-4-3-10-19(20)23(28)25-13-5-1-2-6-14-25/h3-4,8,10-12,16,18H,1-2,5-7,9,13-15,17H2,(H,24,27)/t18-/m1/s1. The van der Waals surface area contributed by atoms with E-state index in [1.54, 1.807) is 41.8 Å². The summed E-state index contributed by atoms with van der Waals surface area (Å²) in [4.78, 5) is 28.1. The number of rotatable bonds is 5. The largest absolute Gasteiger partial charge is 0.339 e. The van der Waals surface area contributed by atoms with E-state index in [2.05, 4.69) is 5.32 Å². The molecule has 1 N–H and O–H groups in total. The van der Waals surface area contributed by atoms with Gasteiger partial charge in [-0.15, -0.1) is 11.3 Å². The summed E-state index contributed by atoms with van der Waals surface area (Å²) >= 11 is 1.18. The van der Waals surface area contributed by atoms with Gasteiger partial charge in [0.2, 0.25) is 5.91 Å². The van der Waals surface area contributed by atoms with Gasteiger partial charge < -0.3 is 10.2 Å². The van der Waals surface area contributed by atoms with Crippen molar-refractivity contribution >= 4 is 38.9 Å². The van der Waals surface area contributed by atoms with Gasteiger partial charge in [-0.25, -0.2) is 8.42 Å². The summed E-state index contributed by atoms with van der Waals surface area (Å²) in [6.45, 7) is 2.03. The predicted octanol–water partition coefficient (Wildman–Crippen LogP) is 3.80. The predicted molar refractivity (Wildman–Crippen MR) is 125 cm³/mol. The summed E-state index contributed by atoms with van der Waals surface area (Å²) in [5.41, 5.74) is 0.978. The van der Waals surface area contributed by atoms with Crippen molar-refractivity contribution < 1.29 is 18.0 Å². The van der Waals surface area contributed by atoms with Crippen LogP contribution in [0.3, 0.4) is 0 Å². The molecule has 2 aliphatic heterocycles. The molecule has 9 heteroatoms. The molecule has 2 fully saturated rings. The number of amides is 2. The van der Waals surface area contributed by atoms with Gasteiger partial charge in [0, 0.05) is 26.2 Å². The minimum atomic E-state index is -3.59. The van der Waals surface area contributed by atoms with Crippen LogP contribution < -0.4 is 5.32 Å². The molecule has 0 aliphatic carbocycles. The molecule has 4 rings (SSSR count). The second-order valence-electron chi connectivity index (χ2n) is 8.38. The third-order valence-corrected chi connectivity index (χ3v) is 9.39. The lowest BCUT2D eigenvalue weighted by Crippen LogP contribution is -2.43. The maximum absolute atomic E-state index is 13.1. The van der Waals surface area contributed by atoms with Crippen molar-refractivity contribution in [1.29, 1.82) is 0 Å². The second-order valence-corrected chi connectivity index (χ2v) is 11.5. The first-order chi connectivity index (χ1) is 15.5. The van der Waals surface area contributed by atoms with Gasteiger partial charge in [-0.3, -0.25) is 9.59 Å². The van der Waals surface area contributed by atoms with Crippen molar-refractivity contribution in [2.45, 2.75) is 42.7 Å². The normalized spacial score (nSPS) is 20.5. The molecule has 2 aliphatic rings. The molecule has 2 amide bonds. The highest BCUT2D eigenvalue weighted by molar-refractivity contribution is 7.91. The molecule has 1 aromatic heterocycles. The van der Waals surface area contributed by atoms with Crippen LogP contribution in [0.5, 0.6) is 0 Å². The molecule has 32 heavy (non-hydrogen) atoms. The van der Waals surface area contributed by atoms with Gasteiger partial charge in [-0.2, -0.15) is 4.31 Å². The summed E-state index contributed by atoms with van der Waals surface area (Å²) < 4.78 is 27.5. The summed E-state index contributed by atoms with van der Waals surface area (Å²) in [6, 6.07) is 10.4. The SMILES string of the molecule is O=C(Nc1ccccc1C(=O)N1CCCCCC1)[C@@H]1CCCN(S(=O)(=O)c2cccs2)C1. The second kappa shape index (κ2) is 10.1. The first kappa shape index (κ1) is 22.9. The van der Waals surface area contributed by atoms with E-state index in [0.29, 0.717) is 34.8 Å². The van der Waals surface area contributed by atoms with Gasteiger partial charge in [0.15, 0.2) is 0 Å². The summed E-state index contributed by atoms with van der Waals surface area (Å²) in [6.07, 6.45) is 5.50. The quantitative estimate of drug-likeness (QED) is 0.713. The molecule has 172 valence electrons. The molecule has 0 radical (unpaired) electrons. The Hall–Kier alpha value is -2.23. The fraction of sp³-hybridized carbons (Fsp3) is 0.478. The van der Waals surface area contributed by atoms with Gasteiger partial charge in [0.1, 0.15) is 4.21 Å². The number of carbonyl (C=O) groups is 2. The Morgan fingerprint density at radius 3 is 2.41 bits per heavy atom. The number of anilines is 1. The topological polar surface area (TPSA) is 86.8 Å². The zero-order chi connectivity index (χ0) is 22.6. The molecular weight excluding hydrogens is 446 g/mol. The number of nitrogens with one attached hydrogen (secondary N) is 1. The fourth-order valence-corrected chi connectivity index (χ4v) is 7.04. The Labute approximate surface area is 193 Å². The summed E-state index contributed by atoms with van der Waals surface area (Å²) in [5, 5.41) is 4.65. The summed E-state index contributed by atoms with van der Waals surface area (Å²) in [5.74, 6) is -0.764. The Kier molecular flexibility index (Phi) is 7.27. The molecular formula is C23H29N3O4S2. The van der Waals surface area contributed by atoms with E-state index >= 15 is 0 Å². The first-order valence-electron chi connectivity index (χ1n) is 11.2. The van der Waals surface area contributed by atoms with E-state index in [1.807, 2.05) is 4.90 Å². The van der Waals surface area contributed by atoms with E-state index < -0.39 is 15.9 Å². The molecule has 3 heterocycles. The van der Waals surface area contributed by atoms with E-state index in [9.17, 15) is 18.0 Å². The van der Waals surface area contributed by atoms with Crippen molar-refractivity contribution in [2.24, 2.45) is 5.92 Å². The van der Waals surface area contributed by atoms with E-state index in [0.717, 1.165) is 38.8 Å². The molecule has 0 unspecified atom stereocenters. The lowest BCUT2D eigenvalue weighted by Gasteiger charge is -2.31. The molecule has 0 bridgehead atoms. The lowest BCUT2D eigenvalue weighted by atomic mass is 9.98. The number of benzene rings is 1. The molecule has 2 saturated heterocycles. The van der Waals surface area contributed by atoms with Crippen LogP contribution in [0.1, 0.15) is 48.9 Å². The Bertz CT molecular complexity index is 1040. The highest BCUT2D eigenvalue weighted by Crippen LogP contribution is 2.28. The lowest BCUT2D eigenvalue weighted by molar-refractivity contribution is -0.120. The number of carbonyl (C=O) groups excluding carboxylic acids is 2. The Morgan fingerprint density at radius 2 is 1.69 bits per heavy atom. The maximum atomic E-state index is 13.1. The molecule has 7 nitrogen and oxygen atoms in total. The van der Waals surface area contributed by atoms with Crippen molar-refractivity contribution in [3.63, 3.8) is 0 Å². The number of nitrogens with zero attached hydrogens (tertiary/aromatic N) is 2. The molecule has 0 saturated carbocycles. The number of sulfonamides is 1. The highest BCUT2D eigenvalue weighted by atomic mass is 32.2. The van der Waals surface area contributed by atoms with Crippen LogP contribution in [0, 0.1) is 5.92 Å². The number of thiophene rings is 1. The zero-order valence-electron chi connectivity index (χ0n) is 18.0. The van der Waals surface area contributed by atoms with E-state index in [1.165, 1.54) is 15.6 Å². The Balaban J connectivity index is 1.46. The average molecular weight is 476 g/mol. The van der Waals surface area contributed by atoms with Gasteiger partial charge in [-0.1, -0.05) is 31.0 Å². The molecule has 2 aromatic rings. The highest BCUT2D eigenvalue weighted by Gasteiger charge is 2.34. The number of likely N-dealkylation sites (tertiary alicyclic amines) is 1.